The van der Waals surface area contributed by atoms with Gasteiger partial charge in [0.05, 0.1) is 16.3 Å². The number of rotatable bonds is 4. The van der Waals surface area contributed by atoms with Gasteiger partial charge < -0.3 is 5.11 Å². The largest absolute Gasteiger partial charge is 0.390 e. The van der Waals surface area contributed by atoms with Crippen molar-refractivity contribution in [3.05, 3.63) is 11.8 Å². The average molecular weight is 214 g/mol. The first-order valence-electron chi connectivity index (χ1n) is 4.74. The molecule has 0 atom stereocenters. The second-order valence-corrected chi connectivity index (χ2v) is 5.27. The first-order valence-corrected chi connectivity index (χ1v) is 5.73. The third kappa shape index (κ3) is 3.72. The zero-order valence-electron chi connectivity index (χ0n) is 9.24. The first-order chi connectivity index (χ1) is 6.38. The van der Waals surface area contributed by atoms with E-state index in [4.69, 9.17) is 0 Å². The van der Waals surface area contributed by atoms with Crippen LogP contribution in [-0.4, -0.2) is 26.2 Å². The van der Waals surface area contributed by atoms with Gasteiger partial charge in [-0.15, -0.1) is 11.8 Å². The molecule has 0 bridgehead atoms. The number of hydrogen-bond acceptors (Lipinski definition) is 3. The molecule has 0 unspecified atom stereocenters. The fourth-order valence-corrected chi connectivity index (χ4v) is 2.42. The molecule has 4 heteroatoms. The van der Waals surface area contributed by atoms with Crippen LogP contribution in [0.3, 0.4) is 0 Å². The van der Waals surface area contributed by atoms with Gasteiger partial charge in [0.15, 0.2) is 0 Å². The average Bonchev–Trinajstić information content (AvgIpc) is 2.27. The molecule has 0 spiro atoms. The summed E-state index contributed by atoms with van der Waals surface area (Å²) < 4.78 is 1.88. The number of nitrogens with zero attached hydrogens (tertiary/aromatic N) is 2. The minimum Gasteiger partial charge on any atom is -0.390 e. The zero-order valence-corrected chi connectivity index (χ0v) is 10.1. The molecule has 0 aliphatic rings. The SMILES string of the molecule is Cc1cc(SCCC(C)(C)O)n(C)n1. The highest BCUT2D eigenvalue weighted by Crippen LogP contribution is 2.21. The molecular formula is C10H18N2OS. The van der Waals surface area contributed by atoms with Gasteiger partial charge in [-0.3, -0.25) is 4.68 Å². The lowest BCUT2D eigenvalue weighted by Crippen LogP contribution is -2.19. The maximum atomic E-state index is 9.53. The van der Waals surface area contributed by atoms with E-state index >= 15 is 0 Å². The van der Waals surface area contributed by atoms with Gasteiger partial charge in [-0.05, 0) is 33.3 Å². The molecule has 0 fully saturated rings. The first kappa shape index (κ1) is 11.6. The van der Waals surface area contributed by atoms with Crippen molar-refractivity contribution in [1.82, 2.24) is 9.78 Å². The molecule has 0 aromatic carbocycles. The molecule has 14 heavy (non-hydrogen) atoms. The summed E-state index contributed by atoms with van der Waals surface area (Å²) in [5.41, 5.74) is 0.471. The Labute approximate surface area is 89.5 Å². The van der Waals surface area contributed by atoms with Crippen molar-refractivity contribution in [2.45, 2.75) is 37.8 Å². The van der Waals surface area contributed by atoms with Gasteiger partial charge in [-0.25, -0.2) is 0 Å². The van der Waals surface area contributed by atoms with E-state index in [2.05, 4.69) is 11.2 Å². The highest BCUT2D eigenvalue weighted by atomic mass is 32.2. The van der Waals surface area contributed by atoms with E-state index in [1.807, 2.05) is 32.5 Å². The smallest absolute Gasteiger partial charge is 0.0939 e. The molecule has 1 heterocycles. The Kier molecular flexibility index (Phi) is 3.61. The van der Waals surface area contributed by atoms with Crippen molar-refractivity contribution < 1.29 is 5.11 Å². The number of hydrogen-bond donors (Lipinski definition) is 1. The lowest BCUT2D eigenvalue weighted by atomic mass is 10.1. The molecule has 0 aliphatic carbocycles. The van der Waals surface area contributed by atoms with Gasteiger partial charge in [0.25, 0.3) is 0 Å². The molecular weight excluding hydrogens is 196 g/mol. The predicted molar refractivity (Wildman–Crippen MR) is 59.6 cm³/mol. The van der Waals surface area contributed by atoms with Gasteiger partial charge in [-0.1, -0.05) is 0 Å². The van der Waals surface area contributed by atoms with Crippen LogP contribution in [-0.2, 0) is 7.05 Å². The second kappa shape index (κ2) is 4.36. The molecule has 0 amide bonds. The van der Waals surface area contributed by atoms with Crippen molar-refractivity contribution >= 4 is 11.8 Å². The van der Waals surface area contributed by atoms with E-state index in [1.165, 1.54) is 0 Å². The summed E-state index contributed by atoms with van der Waals surface area (Å²) in [6.45, 7) is 5.66. The molecule has 1 aromatic rings. The van der Waals surface area contributed by atoms with Crippen LogP contribution in [0.25, 0.3) is 0 Å². The summed E-state index contributed by atoms with van der Waals surface area (Å²) >= 11 is 1.74. The van der Waals surface area contributed by atoms with Gasteiger partial charge in [0.1, 0.15) is 0 Å². The number of aryl methyl sites for hydroxylation is 2. The van der Waals surface area contributed by atoms with E-state index in [9.17, 15) is 5.11 Å². The molecule has 0 radical (unpaired) electrons. The van der Waals surface area contributed by atoms with Crippen LogP contribution >= 0.6 is 11.8 Å². The second-order valence-electron chi connectivity index (χ2n) is 4.16. The summed E-state index contributed by atoms with van der Waals surface area (Å²) in [5, 5.41) is 15.0. The standard InChI is InChI=1S/C10H18N2OS/c1-8-7-9(12(4)11-8)14-6-5-10(2,3)13/h7,13H,5-6H2,1-4H3. The number of aliphatic hydroxyl groups is 1. The van der Waals surface area contributed by atoms with Gasteiger partial charge >= 0.3 is 0 Å². The lowest BCUT2D eigenvalue weighted by Gasteiger charge is -2.15. The van der Waals surface area contributed by atoms with Crippen LogP contribution in [0, 0.1) is 6.92 Å². The Hall–Kier alpha value is -0.480. The number of aromatic nitrogens is 2. The molecule has 1 N–H and O–H groups in total. The maximum absolute atomic E-state index is 9.53. The summed E-state index contributed by atoms with van der Waals surface area (Å²) in [6, 6.07) is 2.06. The van der Waals surface area contributed by atoms with Crippen molar-refractivity contribution in [3.63, 3.8) is 0 Å². The normalized spacial score (nSPS) is 12.1. The Morgan fingerprint density at radius 2 is 2.21 bits per heavy atom. The fraction of sp³-hybridized carbons (Fsp3) is 0.700. The fourth-order valence-electron chi connectivity index (χ4n) is 1.13. The van der Waals surface area contributed by atoms with Crippen molar-refractivity contribution in [2.75, 3.05) is 5.75 Å². The van der Waals surface area contributed by atoms with E-state index in [1.54, 1.807) is 11.8 Å². The summed E-state index contributed by atoms with van der Waals surface area (Å²) in [6.07, 6.45) is 0.794. The van der Waals surface area contributed by atoms with E-state index in [-0.39, 0.29) is 0 Å². The van der Waals surface area contributed by atoms with E-state index in [0.717, 1.165) is 22.9 Å². The van der Waals surface area contributed by atoms with Crippen LogP contribution in [0.4, 0.5) is 0 Å². The summed E-state index contributed by atoms with van der Waals surface area (Å²) in [5.74, 6) is 0.919. The molecule has 0 saturated heterocycles. The van der Waals surface area contributed by atoms with Crippen LogP contribution < -0.4 is 0 Å². The molecule has 0 saturated carbocycles. The van der Waals surface area contributed by atoms with Crippen LogP contribution in [0.2, 0.25) is 0 Å². The summed E-state index contributed by atoms with van der Waals surface area (Å²) in [7, 11) is 1.94. The van der Waals surface area contributed by atoms with Crippen molar-refractivity contribution in [3.8, 4) is 0 Å². The quantitative estimate of drug-likeness (QED) is 0.779. The van der Waals surface area contributed by atoms with Gasteiger partial charge in [0.2, 0.25) is 0 Å². The minimum absolute atomic E-state index is 0.569. The Balaban J connectivity index is 2.42. The Bertz CT molecular complexity index is 302. The Morgan fingerprint density at radius 1 is 1.57 bits per heavy atom. The Morgan fingerprint density at radius 3 is 2.64 bits per heavy atom. The van der Waals surface area contributed by atoms with E-state index in [0.29, 0.717) is 0 Å². The van der Waals surface area contributed by atoms with E-state index < -0.39 is 5.60 Å². The van der Waals surface area contributed by atoms with Crippen molar-refractivity contribution in [1.29, 1.82) is 0 Å². The summed E-state index contributed by atoms with van der Waals surface area (Å²) in [4.78, 5) is 0. The monoisotopic (exact) mass is 214 g/mol. The maximum Gasteiger partial charge on any atom is 0.0939 e. The van der Waals surface area contributed by atoms with Crippen LogP contribution in [0.15, 0.2) is 11.1 Å². The molecule has 1 aromatic heterocycles. The highest BCUT2D eigenvalue weighted by Gasteiger charge is 2.12. The zero-order chi connectivity index (χ0) is 10.8. The van der Waals surface area contributed by atoms with Crippen molar-refractivity contribution in [2.24, 2.45) is 7.05 Å². The molecule has 80 valence electrons. The molecule has 0 aliphatic heterocycles. The third-order valence-corrected chi connectivity index (χ3v) is 3.01. The topological polar surface area (TPSA) is 38.0 Å². The van der Waals surface area contributed by atoms with Crippen LogP contribution in [0.1, 0.15) is 26.0 Å². The molecule has 1 rings (SSSR count). The number of thioether (sulfide) groups is 1. The van der Waals surface area contributed by atoms with Gasteiger partial charge in [0, 0.05) is 12.8 Å². The third-order valence-electron chi connectivity index (χ3n) is 1.92. The molecule has 3 nitrogen and oxygen atoms in total. The highest BCUT2D eigenvalue weighted by molar-refractivity contribution is 7.99. The predicted octanol–water partition coefficient (Wildman–Crippen LogP) is 1.98. The van der Waals surface area contributed by atoms with Gasteiger partial charge in [-0.2, -0.15) is 5.10 Å². The van der Waals surface area contributed by atoms with Crippen LogP contribution in [0.5, 0.6) is 0 Å². The lowest BCUT2D eigenvalue weighted by molar-refractivity contribution is 0.0777. The minimum atomic E-state index is -0.569.